The molecule has 0 saturated heterocycles. The standard InChI is InChI=1S/C26H31NO6/c1-8-31-15-32-27-24(28)22(21-17(3)12-16(2)13-18(21)4)23(26(27,5)6)33-25(29)19-10-9-11-20(14-19)30-7/h9-14H,8,15H2,1-7H3. The highest BCUT2D eigenvalue weighted by Gasteiger charge is 2.50. The van der Waals surface area contributed by atoms with Crippen molar-refractivity contribution >= 4 is 17.4 Å². The Morgan fingerprint density at radius 3 is 2.33 bits per heavy atom. The molecule has 0 aromatic heterocycles. The van der Waals surface area contributed by atoms with Gasteiger partial charge in [0.05, 0.1) is 18.2 Å². The molecule has 0 spiro atoms. The molecule has 176 valence electrons. The van der Waals surface area contributed by atoms with E-state index >= 15 is 0 Å². The summed E-state index contributed by atoms with van der Waals surface area (Å²) in [5, 5.41) is 1.23. The largest absolute Gasteiger partial charge is 0.497 e. The van der Waals surface area contributed by atoms with Gasteiger partial charge in [-0.2, -0.15) is 0 Å². The lowest BCUT2D eigenvalue weighted by molar-refractivity contribution is -0.242. The van der Waals surface area contributed by atoms with Crippen molar-refractivity contribution in [2.75, 3.05) is 20.5 Å². The summed E-state index contributed by atoms with van der Waals surface area (Å²) in [6.45, 7) is 11.6. The molecule has 0 N–H and O–H groups in total. The average molecular weight is 454 g/mol. The first kappa shape index (κ1) is 24.5. The van der Waals surface area contributed by atoms with Crippen LogP contribution < -0.4 is 4.74 Å². The summed E-state index contributed by atoms with van der Waals surface area (Å²) in [5.41, 5.74) is 3.20. The maximum absolute atomic E-state index is 13.6. The number of carbonyl (C=O) groups excluding carboxylic acids is 2. The zero-order valence-corrected chi connectivity index (χ0v) is 20.3. The number of rotatable bonds is 8. The fourth-order valence-electron chi connectivity index (χ4n) is 4.12. The highest BCUT2D eigenvalue weighted by atomic mass is 16.8. The lowest BCUT2D eigenvalue weighted by atomic mass is 9.91. The van der Waals surface area contributed by atoms with Gasteiger partial charge in [0.2, 0.25) is 0 Å². The molecule has 7 heteroatoms. The van der Waals surface area contributed by atoms with Gasteiger partial charge < -0.3 is 14.2 Å². The van der Waals surface area contributed by atoms with Gasteiger partial charge in [-0.1, -0.05) is 23.8 Å². The molecule has 0 fully saturated rings. The van der Waals surface area contributed by atoms with Crippen LogP contribution in [0.4, 0.5) is 0 Å². The Hall–Kier alpha value is -3.16. The number of aryl methyl sites for hydroxylation is 3. The van der Waals surface area contributed by atoms with Gasteiger partial charge in [0.15, 0.2) is 6.79 Å². The number of benzene rings is 2. The van der Waals surface area contributed by atoms with Crippen LogP contribution in [0, 0.1) is 20.8 Å². The number of hydrogen-bond donors (Lipinski definition) is 0. The molecule has 7 nitrogen and oxygen atoms in total. The van der Waals surface area contributed by atoms with E-state index in [0.29, 0.717) is 23.5 Å². The van der Waals surface area contributed by atoms with Crippen molar-refractivity contribution in [1.29, 1.82) is 0 Å². The second-order valence-corrected chi connectivity index (χ2v) is 8.50. The maximum atomic E-state index is 13.6. The van der Waals surface area contributed by atoms with E-state index in [-0.39, 0.29) is 18.5 Å². The molecule has 0 atom stereocenters. The molecule has 2 aromatic rings. The molecule has 0 aliphatic carbocycles. The predicted octanol–water partition coefficient (Wildman–Crippen LogP) is 4.73. The van der Waals surface area contributed by atoms with E-state index in [4.69, 9.17) is 19.0 Å². The van der Waals surface area contributed by atoms with Gasteiger partial charge in [-0.05, 0) is 76.4 Å². The van der Waals surface area contributed by atoms with E-state index in [1.165, 1.54) is 12.2 Å². The summed E-state index contributed by atoms with van der Waals surface area (Å²) in [6, 6.07) is 10.7. The molecule has 1 aliphatic rings. The number of methoxy groups -OCH3 is 1. The minimum atomic E-state index is -1.05. The van der Waals surface area contributed by atoms with Gasteiger partial charge in [-0.3, -0.25) is 4.79 Å². The first-order chi connectivity index (χ1) is 15.6. The molecule has 0 saturated carbocycles. The summed E-state index contributed by atoms with van der Waals surface area (Å²) < 4.78 is 16.4. The van der Waals surface area contributed by atoms with E-state index in [0.717, 1.165) is 22.3 Å². The first-order valence-corrected chi connectivity index (χ1v) is 10.9. The smallest absolute Gasteiger partial charge is 0.343 e. The Morgan fingerprint density at radius 1 is 1.06 bits per heavy atom. The molecule has 1 aliphatic heterocycles. The van der Waals surface area contributed by atoms with Gasteiger partial charge >= 0.3 is 5.97 Å². The topological polar surface area (TPSA) is 74.3 Å². The van der Waals surface area contributed by atoms with E-state index in [2.05, 4.69) is 0 Å². The van der Waals surface area contributed by atoms with Crippen LogP contribution in [0.2, 0.25) is 0 Å². The highest BCUT2D eigenvalue weighted by Crippen LogP contribution is 2.43. The Bertz CT molecular complexity index is 1080. The lowest BCUT2D eigenvalue weighted by Gasteiger charge is -2.31. The fraction of sp³-hybridized carbons (Fsp3) is 0.385. The molecule has 1 amide bonds. The monoisotopic (exact) mass is 453 g/mol. The number of carbonyl (C=O) groups is 2. The van der Waals surface area contributed by atoms with Crippen LogP contribution in [0.1, 0.15) is 53.4 Å². The molecule has 33 heavy (non-hydrogen) atoms. The molecule has 2 aromatic carbocycles. The zero-order chi connectivity index (χ0) is 24.3. The molecule has 0 bridgehead atoms. The van der Waals surface area contributed by atoms with Crippen LogP contribution in [-0.4, -0.2) is 43.0 Å². The number of ether oxygens (including phenoxy) is 3. The summed E-state index contributed by atoms with van der Waals surface area (Å²) in [5.74, 6) is -0.210. The van der Waals surface area contributed by atoms with Gasteiger partial charge in [-0.15, -0.1) is 0 Å². The predicted molar refractivity (Wildman–Crippen MR) is 124 cm³/mol. The van der Waals surface area contributed by atoms with Crippen molar-refractivity contribution in [2.24, 2.45) is 0 Å². The Balaban J connectivity index is 2.12. The minimum Gasteiger partial charge on any atom is -0.497 e. The molecule has 3 rings (SSSR count). The van der Waals surface area contributed by atoms with E-state index in [9.17, 15) is 9.59 Å². The van der Waals surface area contributed by atoms with Crippen molar-refractivity contribution in [1.82, 2.24) is 5.06 Å². The summed E-state index contributed by atoms with van der Waals surface area (Å²) in [6.07, 6.45) is 0. The third kappa shape index (κ3) is 4.79. The van der Waals surface area contributed by atoms with Crippen LogP contribution in [0.25, 0.3) is 5.57 Å². The number of hydrogen-bond acceptors (Lipinski definition) is 6. The van der Waals surface area contributed by atoms with E-state index in [1.54, 1.807) is 38.1 Å². The molecular formula is C26H31NO6. The first-order valence-electron chi connectivity index (χ1n) is 10.9. The van der Waals surface area contributed by atoms with Crippen molar-refractivity contribution in [3.05, 3.63) is 70.0 Å². The third-order valence-corrected chi connectivity index (χ3v) is 5.59. The highest BCUT2D eigenvalue weighted by molar-refractivity contribution is 6.23. The number of amides is 1. The quantitative estimate of drug-likeness (QED) is 0.327. The molecular weight excluding hydrogens is 422 g/mol. The van der Waals surface area contributed by atoms with E-state index in [1.807, 2.05) is 39.8 Å². The molecule has 0 radical (unpaired) electrons. The molecule has 1 heterocycles. The summed E-state index contributed by atoms with van der Waals surface area (Å²) >= 11 is 0. The normalized spacial score (nSPS) is 15.2. The van der Waals surface area contributed by atoms with Crippen molar-refractivity contribution in [3.63, 3.8) is 0 Å². The van der Waals surface area contributed by atoms with Gasteiger partial charge in [0, 0.05) is 6.61 Å². The Labute approximate surface area is 194 Å². The zero-order valence-electron chi connectivity index (χ0n) is 20.3. The van der Waals surface area contributed by atoms with Crippen LogP contribution in [0.15, 0.2) is 42.2 Å². The Morgan fingerprint density at radius 2 is 1.73 bits per heavy atom. The van der Waals surface area contributed by atoms with Gasteiger partial charge in [0.1, 0.15) is 17.0 Å². The average Bonchev–Trinajstić information content (AvgIpc) is 2.93. The SMILES string of the molecule is CCOCON1C(=O)C(c2c(C)cc(C)cc2C)=C(OC(=O)c2cccc(OC)c2)C1(C)C. The number of nitrogens with zero attached hydrogens (tertiary/aromatic N) is 1. The molecule has 0 unspecified atom stereocenters. The van der Waals surface area contributed by atoms with Crippen LogP contribution >= 0.6 is 0 Å². The second-order valence-electron chi connectivity index (χ2n) is 8.50. The van der Waals surface area contributed by atoms with E-state index < -0.39 is 11.5 Å². The van der Waals surface area contributed by atoms with Crippen LogP contribution in [0.5, 0.6) is 5.75 Å². The van der Waals surface area contributed by atoms with Crippen molar-refractivity contribution in [3.8, 4) is 5.75 Å². The third-order valence-electron chi connectivity index (χ3n) is 5.59. The fourth-order valence-corrected chi connectivity index (χ4v) is 4.12. The number of hydroxylamine groups is 2. The van der Waals surface area contributed by atoms with Crippen LogP contribution in [-0.2, 0) is 19.1 Å². The van der Waals surface area contributed by atoms with Crippen molar-refractivity contribution < 1.29 is 28.6 Å². The van der Waals surface area contributed by atoms with Crippen molar-refractivity contribution in [2.45, 2.75) is 47.1 Å². The lowest BCUT2D eigenvalue weighted by Crippen LogP contribution is -2.44. The van der Waals surface area contributed by atoms with Crippen LogP contribution in [0.3, 0.4) is 0 Å². The summed E-state index contributed by atoms with van der Waals surface area (Å²) in [4.78, 5) is 32.4. The maximum Gasteiger partial charge on any atom is 0.343 e. The minimum absolute atomic E-state index is 0.0953. The summed E-state index contributed by atoms with van der Waals surface area (Å²) in [7, 11) is 1.53. The Kier molecular flexibility index (Phi) is 7.25. The van der Waals surface area contributed by atoms with Gasteiger partial charge in [0.25, 0.3) is 5.91 Å². The number of esters is 1. The second kappa shape index (κ2) is 9.77. The van der Waals surface area contributed by atoms with Gasteiger partial charge in [-0.25, -0.2) is 14.7 Å².